The van der Waals surface area contributed by atoms with Crippen molar-refractivity contribution in [3.63, 3.8) is 0 Å². The van der Waals surface area contributed by atoms with Crippen LogP contribution in [0.3, 0.4) is 0 Å². The maximum Gasteiger partial charge on any atom is 0.0954 e. The minimum absolute atomic E-state index is 0.437. The Hall–Kier alpha value is -0.970. The van der Waals surface area contributed by atoms with Crippen molar-refractivity contribution in [3.8, 4) is 0 Å². The van der Waals surface area contributed by atoms with Crippen molar-refractivity contribution < 1.29 is 4.74 Å². The van der Waals surface area contributed by atoms with E-state index >= 15 is 0 Å². The van der Waals surface area contributed by atoms with Gasteiger partial charge < -0.3 is 10.1 Å². The molecule has 1 aromatic heterocycles. The maximum atomic E-state index is 5.72. The Morgan fingerprint density at radius 3 is 3.11 bits per heavy atom. The highest BCUT2D eigenvalue weighted by Crippen LogP contribution is 2.24. The molecule has 0 aliphatic carbocycles. The Bertz CT molecular complexity index is 501. The second-order valence-electron chi connectivity index (χ2n) is 5.14. The molecule has 2 atom stereocenters. The molecular weight excluding hydrogens is 256 g/mol. The number of ether oxygens (including phenoxy) is 1. The zero-order valence-corrected chi connectivity index (χ0v) is 12.1. The van der Waals surface area contributed by atoms with Crippen molar-refractivity contribution in [1.82, 2.24) is 10.3 Å². The standard InChI is InChI=1S/C15H20N2OS/c1-16-11(9-12-5-4-8-18-12)10-15-17-13-6-2-3-7-14(13)19-15/h2-3,6-7,11-12,16H,4-5,8-10H2,1H3. The average molecular weight is 276 g/mol. The van der Waals surface area contributed by atoms with Crippen LogP contribution in [0.15, 0.2) is 24.3 Å². The maximum absolute atomic E-state index is 5.72. The molecule has 1 saturated heterocycles. The number of benzene rings is 1. The molecule has 0 radical (unpaired) electrons. The first-order valence-corrected chi connectivity index (χ1v) is 7.80. The van der Waals surface area contributed by atoms with E-state index in [1.165, 1.54) is 22.5 Å². The third-order valence-electron chi connectivity index (χ3n) is 3.74. The molecule has 0 amide bonds. The molecule has 0 bridgehead atoms. The lowest BCUT2D eigenvalue weighted by Crippen LogP contribution is -2.31. The minimum Gasteiger partial charge on any atom is -0.378 e. The fourth-order valence-electron chi connectivity index (χ4n) is 2.67. The Balaban J connectivity index is 1.67. The van der Waals surface area contributed by atoms with Crippen LogP contribution >= 0.6 is 11.3 Å². The largest absolute Gasteiger partial charge is 0.378 e. The number of nitrogens with zero attached hydrogens (tertiary/aromatic N) is 1. The smallest absolute Gasteiger partial charge is 0.0954 e. The van der Waals surface area contributed by atoms with E-state index in [0.29, 0.717) is 12.1 Å². The number of fused-ring (bicyclic) bond motifs is 1. The van der Waals surface area contributed by atoms with Gasteiger partial charge in [-0.2, -0.15) is 0 Å². The lowest BCUT2D eigenvalue weighted by molar-refractivity contribution is 0.0954. The van der Waals surface area contributed by atoms with E-state index in [1.807, 2.05) is 13.1 Å². The Kier molecular flexibility index (Phi) is 4.11. The van der Waals surface area contributed by atoms with Crippen molar-refractivity contribution in [2.45, 2.75) is 37.8 Å². The van der Waals surface area contributed by atoms with Crippen LogP contribution in [0.2, 0.25) is 0 Å². The van der Waals surface area contributed by atoms with Crippen LogP contribution in [0.5, 0.6) is 0 Å². The van der Waals surface area contributed by atoms with Gasteiger partial charge in [0, 0.05) is 19.1 Å². The highest BCUT2D eigenvalue weighted by Gasteiger charge is 2.21. The van der Waals surface area contributed by atoms with E-state index in [2.05, 4.69) is 23.5 Å². The van der Waals surface area contributed by atoms with Crippen LogP contribution in [-0.2, 0) is 11.2 Å². The van der Waals surface area contributed by atoms with Crippen molar-refractivity contribution in [3.05, 3.63) is 29.3 Å². The van der Waals surface area contributed by atoms with E-state index in [1.54, 1.807) is 11.3 Å². The number of likely N-dealkylation sites (N-methyl/N-ethyl adjacent to an activating group) is 1. The predicted octanol–water partition coefficient (Wildman–Crippen LogP) is 3.00. The molecule has 0 spiro atoms. The van der Waals surface area contributed by atoms with Crippen molar-refractivity contribution in [2.75, 3.05) is 13.7 Å². The van der Waals surface area contributed by atoms with Gasteiger partial charge in [0.25, 0.3) is 0 Å². The Morgan fingerprint density at radius 2 is 2.37 bits per heavy atom. The number of nitrogens with one attached hydrogen (secondary N) is 1. The zero-order chi connectivity index (χ0) is 13.1. The van der Waals surface area contributed by atoms with Gasteiger partial charge in [-0.05, 0) is 38.4 Å². The van der Waals surface area contributed by atoms with Gasteiger partial charge in [-0.3, -0.25) is 0 Å². The predicted molar refractivity (Wildman–Crippen MR) is 79.8 cm³/mol. The third-order valence-corrected chi connectivity index (χ3v) is 4.80. The van der Waals surface area contributed by atoms with E-state index in [0.717, 1.165) is 25.0 Å². The molecule has 1 N–H and O–H groups in total. The molecule has 0 saturated carbocycles. The first-order valence-electron chi connectivity index (χ1n) is 6.98. The van der Waals surface area contributed by atoms with Crippen molar-refractivity contribution >= 4 is 21.6 Å². The first kappa shape index (κ1) is 13.0. The number of hydrogen-bond donors (Lipinski definition) is 1. The highest BCUT2D eigenvalue weighted by atomic mass is 32.1. The van der Waals surface area contributed by atoms with Gasteiger partial charge in [0.05, 0.1) is 21.3 Å². The molecular formula is C15H20N2OS. The lowest BCUT2D eigenvalue weighted by Gasteiger charge is -2.18. The molecule has 3 rings (SSSR count). The molecule has 1 aromatic carbocycles. The van der Waals surface area contributed by atoms with Crippen LogP contribution in [0.1, 0.15) is 24.3 Å². The van der Waals surface area contributed by atoms with E-state index in [9.17, 15) is 0 Å². The fourth-order valence-corrected chi connectivity index (χ4v) is 3.72. The van der Waals surface area contributed by atoms with E-state index < -0.39 is 0 Å². The van der Waals surface area contributed by atoms with Crippen LogP contribution in [0.25, 0.3) is 10.2 Å². The first-order chi connectivity index (χ1) is 9.35. The minimum atomic E-state index is 0.437. The van der Waals surface area contributed by atoms with Gasteiger partial charge in [0.1, 0.15) is 0 Å². The summed E-state index contributed by atoms with van der Waals surface area (Å²) in [6.07, 6.45) is 4.94. The normalized spacial score (nSPS) is 21.0. The number of thiazole rings is 1. The van der Waals surface area contributed by atoms with Crippen molar-refractivity contribution in [1.29, 1.82) is 0 Å². The lowest BCUT2D eigenvalue weighted by atomic mass is 10.0. The third kappa shape index (κ3) is 3.14. The summed E-state index contributed by atoms with van der Waals surface area (Å²) in [7, 11) is 2.03. The summed E-state index contributed by atoms with van der Waals surface area (Å²) in [5, 5.41) is 4.63. The van der Waals surface area contributed by atoms with Crippen LogP contribution in [0.4, 0.5) is 0 Å². The monoisotopic (exact) mass is 276 g/mol. The van der Waals surface area contributed by atoms with E-state index in [4.69, 9.17) is 9.72 Å². The molecule has 3 nitrogen and oxygen atoms in total. The summed E-state index contributed by atoms with van der Waals surface area (Å²) in [5.74, 6) is 0. The second-order valence-corrected chi connectivity index (χ2v) is 6.25. The average Bonchev–Trinajstić information content (AvgIpc) is 3.06. The van der Waals surface area contributed by atoms with Gasteiger partial charge in [-0.15, -0.1) is 11.3 Å². The molecule has 1 aliphatic rings. The summed E-state index contributed by atoms with van der Waals surface area (Å²) in [6, 6.07) is 8.82. The van der Waals surface area contributed by atoms with Gasteiger partial charge in [0.15, 0.2) is 0 Å². The summed E-state index contributed by atoms with van der Waals surface area (Å²) in [6.45, 7) is 0.933. The molecule has 102 valence electrons. The van der Waals surface area contributed by atoms with Gasteiger partial charge in [-0.25, -0.2) is 4.98 Å². The molecule has 2 unspecified atom stereocenters. The Labute approximate surface area is 118 Å². The SMILES string of the molecule is CNC(Cc1nc2ccccc2s1)CC1CCCO1. The van der Waals surface area contributed by atoms with Crippen LogP contribution in [0, 0.1) is 0 Å². The van der Waals surface area contributed by atoms with E-state index in [-0.39, 0.29) is 0 Å². The zero-order valence-electron chi connectivity index (χ0n) is 11.3. The quantitative estimate of drug-likeness (QED) is 0.911. The second kappa shape index (κ2) is 5.99. The number of aromatic nitrogens is 1. The summed E-state index contributed by atoms with van der Waals surface area (Å²) >= 11 is 1.81. The molecule has 1 aliphatic heterocycles. The fraction of sp³-hybridized carbons (Fsp3) is 0.533. The number of hydrogen-bond acceptors (Lipinski definition) is 4. The summed E-state index contributed by atoms with van der Waals surface area (Å²) in [4.78, 5) is 4.71. The highest BCUT2D eigenvalue weighted by molar-refractivity contribution is 7.18. The molecule has 4 heteroatoms. The van der Waals surface area contributed by atoms with Crippen LogP contribution in [-0.4, -0.2) is 30.8 Å². The molecule has 1 fully saturated rings. The van der Waals surface area contributed by atoms with Gasteiger partial charge in [0.2, 0.25) is 0 Å². The van der Waals surface area contributed by atoms with Crippen molar-refractivity contribution in [2.24, 2.45) is 0 Å². The number of rotatable bonds is 5. The van der Waals surface area contributed by atoms with Gasteiger partial charge in [-0.1, -0.05) is 12.1 Å². The topological polar surface area (TPSA) is 34.2 Å². The molecule has 2 heterocycles. The molecule has 2 aromatic rings. The summed E-state index contributed by atoms with van der Waals surface area (Å²) in [5.41, 5.74) is 1.12. The van der Waals surface area contributed by atoms with Gasteiger partial charge >= 0.3 is 0 Å². The summed E-state index contributed by atoms with van der Waals surface area (Å²) < 4.78 is 7.01. The Morgan fingerprint density at radius 1 is 1.47 bits per heavy atom. The molecule has 19 heavy (non-hydrogen) atoms. The number of para-hydroxylation sites is 1. The van der Waals surface area contributed by atoms with Crippen LogP contribution < -0.4 is 5.32 Å².